The van der Waals surface area contributed by atoms with Crippen LogP contribution >= 0.6 is 11.6 Å². The molecule has 0 aliphatic carbocycles. The summed E-state index contributed by atoms with van der Waals surface area (Å²) in [5, 5.41) is 0.271. The molecule has 1 aliphatic rings. The van der Waals surface area contributed by atoms with E-state index < -0.39 is 0 Å². The van der Waals surface area contributed by atoms with Gasteiger partial charge >= 0.3 is 0 Å². The molecule has 20 heavy (non-hydrogen) atoms. The highest BCUT2D eigenvalue weighted by atomic mass is 35.5. The van der Waals surface area contributed by atoms with Crippen LogP contribution in [0.15, 0.2) is 36.5 Å². The Labute approximate surface area is 122 Å². The molecule has 0 bridgehead atoms. The first-order valence-electron chi connectivity index (χ1n) is 6.54. The summed E-state index contributed by atoms with van der Waals surface area (Å²) < 4.78 is 0. The number of hydrogen-bond donors (Lipinski definition) is 0. The number of rotatable bonds is 2. The fraction of sp³-hybridized carbons (Fsp3) is 0.267. The molecule has 0 atom stereocenters. The van der Waals surface area contributed by atoms with Gasteiger partial charge in [0.1, 0.15) is 0 Å². The Morgan fingerprint density at radius 2 is 2.10 bits per heavy atom. The number of amides is 1. The number of hydrogen-bond acceptors (Lipinski definition) is 3. The van der Waals surface area contributed by atoms with E-state index in [1.165, 1.54) is 0 Å². The fourth-order valence-electron chi connectivity index (χ4n) is 2.39. The van der Waals surface area contributed by atoms with Crippen molar-refractivity contribution in [1.82, 2.24) is 14.9 Å². The molecular weight excluding hydrogens is 274 g/mol. The van der Waals surface area contributed by atoms with E-state index in [1.807, 2.05) is 35.2 Å². The standard InChI is InChI=1S/C15H14ClN3O/c16-15-17-9-12-10-19(7-6-13(12)18-15)14(20)8-11-4-2-1-3-5-11/h1-5,9H,6-8,10H2. The highest BCUT2D eigenvalue weighted by Crippen LogP contribution is 2.18. The average molecular weight is 288 g/mol. The normalized spacial score (nSPS) is 13.9. The highest BCUT2D eigenvalue weighted by Gasteiger charge is 2.22. The minimum Gasteiger partial charge on any atom is -0.338 e. The summed E-state index contributed by atoms with van der Waals surface area (Å²) in [5.74, 6) is 0.136. The van der Waals surface area contributed by atoms with Crippen molar-refractivity contribution in [3.05, 3.63) is 58.6 Å². The lowest BCUT2D eigenvalue weighted by Gasteiger charge is -2.28. The molecule has 0 saturated heterocycles. The third-order valence-corrected chi connectivity index (χ3v) is 3.64. The van der Waals surface area contributed by atoms with Crippen LogP contribution in [0.25, 0.3) is 0 Å². The molecule has 1 aromatic carbocycles. The largest absolute Gasteiger partial charge is 0.338 e. The van der Waals surface area contributed by atoms with Crippen molar-refractivity contribution in [2.75, 3.05) is 6.54 Å². The molecule has 1 aromatic heterocycles. The molecular formula is C15H14ClN3O. The van der Waals surface area contributed by atoms with Gasteiger partial charge in [-0.3, -0.25) is 4.79 Å². The van der Waals surface area contributed by atoms with Crippen LogP contribution in [-0.4, -0.2) is 27.3 Å². The first kappa shape index (κ1) is 13.1. The number of fused-ring (bicyclic) bond motifs is 1. The van der Waals surface area contributed by atoms with Gasteiger partial charge in [0, 0.05) is 31.3 Å². The second-order valence-electron chi connectivity index (χ2n) is 4.84. The Hall–Kier alpha value is -1.94. The van der Waals surface area contributed by atoms with Crippen molar-refractivity contribution in [3.8, 4) is 0 Å². The van der Waals surface area contributed by atoms with Crippen molar-refractivity contribution < 1.29 is 4.79 Å². The summed E-state index contributed by atoms with van der Waals surface area (Å²) in [5.41, 5.74) is 2.98. The number of halogens is 1. The Morgan fingerprint density at radius 3 is 2.90 bits per heavy atom. The zero-order valence-electron chi connectivity index (χ0n) is 10.9. The topological polar surface area (TPSA) is 46.1 Å². The minimum atomic E-state index is 0.136. The van der Waals surface area contributed by atoms with Crippen molar-refractivity contribution in [1.29, 1.82) is 0 Å². The lowest BCUT2D eigenvalue weighted by atomic mass is 10.1. The maximum Gasteiger partial charge on any atom is 0.227 e. The van der Waals surface area contributed by atoms with E-state index >= 15 is 0 Å². The third kappa shape index (κ3) is 2.80. The van der Waals surface area contributed by atoms with Crippen molar-refractivity contribution in [2.24, 2.45) is 0 Å². The first-order chi connectivity index (χ1) is 9.72. The van der Waals surface area contributed by atoms with Crippen LogP contribution in [0.2, 0.25) is 5.28 Å². The predicted octanol–water partition coefficient (Wildman–Crippen LogP) is 2.26. The Kier molecular flexibility index (Phi) is 3.65. The molecule has 2 aromatic rings. The monoisotopic (exact) mass is 287 g/mol. The van der Waals surface area contributed by atoms with Gasteiger partial charge in [0.05, 0.1) is 12.1 Å². The molecule has 3 rings (SSSR count). The zero-order valence-corrected chi connectivity index (χ0v) is 11.7. The van der Waals surface area contributed by atoms with Gasteiger partial charge in [-0.05, 0) is 17.2 Å². The van der Waals surface area contributed by atoms with Crippen LogP contribution in [-0.2, 0) is 24.2 Å². The van der Waals surface area contributed by atoms with Crippen LogP contribution < -0.4 is 0 Å². The van der Waals surface area contributed by atoms with E-state index in [4.69, 9.17) is 11.6 Å². The lowest BCUT2D eigenvalue weighted by molar-refractivity contribution is -0.131. The van der Waals surface area contributed by atoms with E-state index in [0.717, 1.165) is 23.2 Å². The minimum absolute atomic E-state index is 0.136. The van der Waals surface area contributed by atoms with Gasteiger partial charge < -0.3 is 4.90 Å². The van der Waals surface area contributed by atoms with Gasteiger partial charge in [0.15, 0.2) is 0 Å². The predicted molar refractivity (Wildman–Crippen MR) is 76.3 cm³/mol. The van der Waals surface area contributed by atoms with E-state index in [-0.39, 0.29) is 11.2 Å². The quantitative estimate of drug-likeness (QED) is 0.796. The maximum absolute atomic E-state index is 12.3. The van der Waals surface area contributed by atoms with Crippen LogP contribution in [0, 0.1) is 0 Å². The molecule has 2 heterocycles. The molecule has 1 aliphatic heterocycles. The summed E-state index contributed by atoms with van der Waals surface area (Å²) >= 11 is 5.78. The Balaban J connectivity index is 1.70. The van der Waals surface area contributed by atoms with Crippen molar-refractivity contribution in [2.45, 2.75) is 19.4 Å². The summed E-state index contributed by atoms with van der Waals surface area (Å²) in [6.45, 7) is 1.25. The first-order valence-corrected chi connectivity index (χ1v) is 6.92. The Morgan fingerprint density at radius 1 is 1.30 bits per heavy atom. The molecule has 0 radical (unpaired) electrons. The van der Waals surface area contributed by atoms with E-state index in [0.29, 0.717) is 19.5 Å². The number of carbonyl (C=O) groups is 1. The molecule has 0 spiro atoms. The SMILES string of the molecule is O=C(Cc1ccccc1)N1CCc2nc(Cl)ncc2C1. The molecule has 0 fully saturated rings. The number of nitrogens with zero attached hydrogens (tertiary/aromatic N) is 3. The highest BCUT2D eigenvalue weighted by molar-refractivity contribution is 6.28. The second-order valence-corrected chi connectivity index (χ2v) is 5.18. The number of benzene rings is 1. The van der Waals surface area contributed by atoms with Gasteiger partial charge in [-0.2, -0.15) is 0 Å². The smallest absolute Gasteiger partial charge is 0.227 e. The molecule has 0 N–H and O–H groups in total. The lowest BCUT2D eigenvalue weighted by Crippen LogP contribution is -2.37. The molecule has 0 saturated carbocycles. The van der Waals surface area contributed by atoms with Gasteiger partial charge in [-0.25, -0.2) is 9.97 Å². The van der Waals surface area contributed by atoms with E-state index in [9.17, 15) is 4.79 Å². The van der Waals surface area contributed by atoms with Crippen LogP contribution in [0.3, 0.4) is 0 Å². The molecule has 102 valence electrons. The van der Waals surface area contributed by atoms with Crippen molar-refractivity contribution >= 4 is 17.5 Å². The molecule has 0 unspecified atom stereocenters. The summed E-state index contributed by atoms with van der Waals surface area (Å²) in [7, 11) is 0. The fourth-order valence-corrected chi connectivity index (χ4v) is 2.54. The zero-order chi connectivity index (χ0) is 13.9. The second kappa shape index (κ2) is 5.59. The third-order valence-electron chi connectivity index (χ3n) is 3.46. The van der Waals surface area contributed by atoms with Gasteiger partial charge in [0.25, 0.3) is 0 Å². The van der Waals surface area contributed by atoms with Crippen molar-refractivity contribution in [3.63, 3.8) is 0 Å². The summed E-state index contributed by atoms with van der Waals surface area (Å²) in [6.07, 6.45) is 2.88. The summed E-state index contributed by atoms with van der Waals surface area (Å²) in [4.78, 5) is 22.4. The average Bonchev–Trinajstić information content (AvgIpc) is 2.47. The van der Waals surface area contributed by atoms with Crippen LogP contribution in [0.4, 0.5) is 0 Å². The van der Waals surface area contributed by atoms with Crippen LogP contribution in [0.5, 0.6) is 0 Å². The van der Waals surface area contributed by atoms with Gasteiger partial charge in [-0.15, -0.1) is 0 Å². The molecule has 5 heteroatoms. The van der Waals surface area contributed by atoms with E-state index in [2.05, 4.69) is 9.97 Å². The van der Waals surface area contributed by atoms with Crippen LogP contribution in [0.1, 0.15) is 16.8 Å². The Bertz CT molecular complexity index is 630. The maximum atomic E-state index is 12.3. The van der Waals surface area contributed by atoms with Gasteiger partial charge in [0.2, 0.25) is 11.2 Å². The number of carbonyl (C=O) groups excluding carboxylic acids is 1. The van der Waals surface area contributed by atoms with E-state index in [1.54, 1.807) is 6.20 Å². The number of aromatic nitrogens is 2. The van der Waals surface area contributed by atoms with Gasteiger partial charge in [-0.1, -0.05) is 30.3 Å². The summed E-state index contributed by atoms with van der Waals surface area (Å²) in [6, 6.07) is 9.79. The molecule has 4 nitrogen and oxygen atoms in total. The molecule has 1 amide bonds.